The monoisotopic (exact) mass is 95.1 g/mol. The topological polar surface area (TPSA) is 0 Å². The van der Waals surface area contributed by atoms with Gasteiger partial charge in [0.1, 0.15) is 0 Å². The zero-order chi connectivity index (χ0) is 5.91. The van der Waals surface area contributed by atoms with Gasteiger partial charge in [0.2, 0.25) is 0 Å². The van der Waals surface area contributed by atoms with E-state index in [0.29, 0.717) is 0 Å². The van der Waals surface area contributed by atoms with Crippen molar-refractivity contribution < 1.29 is 0 Å². The lowest BCUT2D eigenvalue weighted by Gasteiger charge is -2.05. The van der Waals surface area contributed by atoms with Crippen molar-refractivity contribution in [1.29, 1.82) is 0 Å². The first-order chi connectivity index (χ1) is 3.06. The number of hydrogen-bond acceptors (Lipinski definition) is 0. The molecule has 0 aromatic carbocycles. The summed E-state index contributed by atoms with van der Waals surface area (Å²) in [6.45, 7) is 9.59. The van der Waals surface area contributed by atoms with Crippen LogP contribution in [0, 0.1) is 24.2 Å². The van der Waals surface area contributed by atoms with Crippen LogP contribution in [0.2, 0.25) is 0 Å². The van der Waals surface area contributed by atoms with Crippen LogP contribution in [0.4, 0.5) is 0 Å². The number of hydrogen-bond donors (Lipinski definition) is 0. The first-order valence-electron chi connectivity index (χ1n) is 2.35. The van der Waals surface area contributed by atoms with Crippen LogP contribution in [0.5, 0.6) is 0 Å². The molecule has 0 aromatic heterocycles. The van der Waals surface area contributed by atoms with Gasteiger partial charge in [0.15, 0.2) is 0 Å². The highest BCUT2D eigenvalue weighted by molar-refractivity contribution is 5.07. The SMILES string of the molecule is [CH2]C(C)(C)C#CC. The fraction of sp³-hybridized carbons (Fsp3) is 0.571. The Labute approximate surface area is 45.9 Å². The van der Waals surface area contributed by atoms with Crippen LogP contribution in [0.25, 0.3) is 0 Å². The molecule has 0 saturated heterocycles. The number of rotatable bonds is 0. The van der Waals surface area contributed by atoms with Crippen LogP contribution in [0.15, 0.2) is 0 Å². The Kier molecular flexibility index (Phi) is 1.90. The smallest absolute Gasteiger partial charge is 0.0258 e. The Balaban J connectivity index is 3.72. The molecule has 0 aromatic rings. The van der Waals surface area contributed by atoms with Crippen LogP contribution in [0.3, 0.4) is 0 Å². The van der Waals surface area contributed by atoms with Gasteiger partial charge in [0.05, 0.1) is 0 Å². The van der Waals surface area contributed by atoms with Crippen LogP contribution >= 0.6 is 0 Å². The molecule has 0 heterocycles. The molecule has 0 N–H and O–H groups in total. The third kappa shape index (κ3) is 5.56. The lowest BCUT2D eigenvalue weighted by Crippen LogP contribution is -1.99. The molecule has 0 atom stereocenters. The van der Waals surface area contributed by atoms with Gasteiger partial charge in [-0.1, -0.05) is 5.92 Å². The maximum Gasteiger partial charge on any atom is 0.0258 e. The highest BCUT2D eigenvalue weighted by atomic mass is 14.0. The quantitative estimate of drug-likeness (QED) is 0.403. The summed E-state index contributed by atoms with van der Waals surface area (Å²) in [6.07, 6.45) is 0. The zero-order valence-corrected chi connectivity index (χ0v) is 5.21. The Morgan fingerprint density at radius 2 is 1.86 bits per heavy atom. The summed E-state index contributed by atoms with van der Waals surface area (Å²) in [6, 6.07) is 0. The summed E-state index contributed by atoms with van der Waals surface area (Å²) >= 11 is 0. The Morgan fingerprint density at radius 3 is 1.86 bits per heavy atom. The Morgan fingerprint density at radius 1 is 1.43 bits per heavy atom. The first-order valence-corrected chi connectivity index (χ1v) is 2.35. The van der Waals surface area contributed by atoms with Gasteiger partial charge >= 0.3 is 0 Å². The summed E-state index contributed by atoms with van der Waals surface area (Å²) in [4.78, 5) is 0. The molecule has 0 fully saturated rings. The van der Waals surface area contributed by atoms with Crippen molar-refractivity contribution in [1.82, 2.24) is 0 Å². The fourth-order valence-corrected chi connectivity index (χ4v) is 0.338. The third-order valence-corrected chi connectivity index (χ3v) is 0.463. The minimum absolute atomic E-state index is 0.0608. The lowest BCUT2D eigenvalue weighted by atomic mass is 9.98. The summed E-state index contributed by atoms with van der Waals surface area (Å²) in [5.41, 5.74) is -0.0608. The van der Waals surface area contributed by atoms with Gasteiger partial charge in [-0.05, 0) is 27.7 Å². The van der Waals surface area contributed by atoms with Crippen LogP contribution < -0.4 is 0 Å². The molecule has 0 aliphatic heterocycles. The zero-order valence-electron chi connectivity index (χ0n) is 5.21. The van der Waals surface area contributed by atoms with Crippen LogP contribution in [-0.2, 0) is 0 Å². The predicted molar refractivity (Wildman–Crippen MR) is 32.6 cm³/mol. The maximum absolute atomic E-state index is 3.79. The molecule has 0 heteroatoms. The normalized spacial score (nSPS) is 9.71. The van der Waals surface area contributed by atoms with E-state index in [1.54, 1.807) is 0 Å². The molecule has 0 aliphatic carbocycles. The largest absolute Gasteiger partial charge is 0.106 e. The minimum atomic E-state index is -0.0608. The van der Waals surface area contributed by atoms with Crippen molar-refractivity contribution in [2.45, 2.75) is 20.8 Å². The van der Waals surface area contributed by atoms with Crippen molar-refractivity contribution in [3.8, 4) is 11.8 Å². The molecule has 7 heavy (non-hydrogen) atoms. The Bertz CT molecular complexity index is 93.4. The standard InChI is InChI=1S/C7H11/c1-5-6-7(2,3)4/h2H2,1,3-4H3. The molecule has 0 rings (SSSR count). The fourth-order valence-electron chi connectivity index (χ4n) is 0.338. The van der Waals surface area contributed by atoms with E-state index in [9.17, 15) is 0 Å². The van der Waals surface area contributed by atoms with Gasteiger partial charge in [-0.3, -0.25) is 0 Å². The van der Waals surface area contributed by atoms with Gasteiger partial charge in [0.25, 0.3) is 0 Å². The molecule has 0 spiro atoms. The van der Waals surface area contributed by atoms with Crippen molar-refractivity contribution in [2.75, 3.05) is 0 Å². The molecule has 0 bridgehead atoms. The predicted octanol–water partition coefficient (Wildman–Crippen LogP) is 1.87. The Hall–Kier alpha value is -0.440. The maximum atomic E-state index is 3.79. The molecule has 0 nitrogen and oxygen atoms in total. The van der Waals surface area contributed by atoms with Gasteiger partial charge in [0, 0.05) is 5.41 Å². The molecular formula is C7H11. The van der Waals surface area contributed by atoms with Gasteiger partial charge in [-0.15, -0.1) is 5.92 Å². The van der Waals surface area contributed by atoms with E-state index in [4.69, 9.17) is 0 Å². The molecular weight excluding hydrogens is 84.1 g/mol. The third-order valence-electron chi connectivity index (χ3n) is 0.463. The summed E-state index contributed by atoms with van der Waals surface area (Å²) in [5.74, 6) is 5.72. The van der Waals surface area contributed by atoms with Gasteiger partial charge in [-0.2, -0.15) is 0 Å². The van der Waals surface area contributed by atoms with Crippen molar-refractivity contribution in [2.24, 2.45) is 5.41 Å². The van der Waals surface area contributed by atoms with Crippen LogP contribution in [-0.4, -0.2) is 0 Å². The van der Waals surface area contributed by atoms with Crippen molar-refractivity contribution >= 4 is 0 Å². The molecule has 0 amide bonds. The summed E-state index contributed by atoms with van der Waals surface area (Å²) in [7, 11) is 0. The minimum Gasteiger partial charge on any atom is -0.106 e. The summed E-state index contributed by atoms with van der Waals surface area (Å²) in [5, 5.41) is 0. The van der Waals surface area contributed by atoms with E-state index in [1.807, 2.05) is 20.8 Å². The van der Waals surface area contributed by atoms with E-state index in [0.717, 1.165) is 0 Å². The average molecular weight is 95.2 g/mol. The lowest BCUT2D eigenvalue weighted by molar-refractivity contribution is 0.650. The highest BCUT2D eigenvalue weighted by Crippen LogP contribution is 2.08. The van der Waals surface area contributed by atoms with Gasteiger partial charge < -0.3 is 0 Å². The molecule has 1 radical (unpaired) electrons. The van der Waals surface area contributed by atoms with Gasteiger partial charge in [-0.25, -0.2) is 0 Å². The first kappa shape index (κ1) is 6.56. The highest BCUT2D eigenvalue weighted by Gasteiger charge is 2.01. The molecule has 0 saturated carbocycles. The van der Waals surface area contributed by atoms with E-state index >= 15 is 0 Å². The molecule has 0 unspecified atom stereocenters. The van der Waals surface area contributed by atoms with E-state index < -0.39 is 0 Å². The average Bonchev–Trinajstić information content (AvgIpc) is 1.30. The van der Waals surface area contributed by atoms with E-state index in [1.165, 1.54) is 0 Å². The summed E-state index contributed by atoms with van der Waals surface area (Å²) < 4.78 is 0. The van der Waals surface area contributed by atoms with E-state index in [-0.39, 0.29) is 5.41 Å². The second-order valence-electron chi connectivity index (χ2n) is 2.26. The van der Waals surface area contributed by atoms with Crippen molar-refractivity contribution in [3.63, 3.8) is 0 Å². The molecule has 39 valence electrons. The molecule has 0 aliphatic rings. The second-order valence-corrected chi connectivity index (χ2v) is 2.26. The van der Waals surface area contributed by atoms with Crippen LogP contribution in [0.1, 0.15) is 20.8 Å². The van der Waals surface area contributed by atoms with Crippen molar-refractivity contribution in [3.05, 3.63) is 6.92 Å². The second kappa shape index (κ2) is 2.02. The van der Waals surface area contributed by atoms with E-state index in [2.05, 4.69) is 18.8 Å².